The molecule has 0 atom stereocenters. The van der Waals surface area contributed by atoms with Crippen molar-refractivity contribution < 1.29 is 9.47 Å². The first-order chi connectivity index (χ1) is 10.7. The highest BCUT2D eigenvalue weighted by molar-refractivity contribution is 5.37. The number of anilines is 2. The van der Waals surface area contributed by atoms with Crippen LogP contribution in [0.1, 0.15) is 13.8 Å². The smallest absolute Gasteiger partial charge is 0.244 e. The van der Waals surface area contributed by atoms with Crippen LogP contribution in [0.25, 0.3) is 0 Å². The summed E-state index contributed by atoms with van der Waals surface area (Å²) in [6, 6.07) is 7.73. The molecular formula is C15H21N5O2. The fraction of sp³-hybridized carbons (Fsp3) is 0.400. The van der Waals surface area contributed by atoms with E-state index in [0.29, 0.717) is 24.9 Å². The molecule has 118 valence electrons. The van der Waals surface area contributed by atoms with E-state index in [1.54, 1.807) is 13.3 Å². The summed E-state index contributed by atoms with van der Waals surface area (Å²) < 4.78 is 10.7. The van der Waals surface area contributed by atoms with Crippen molar-refractivity contribution in [2.75, 3.05) is 30.9 Å². The fourth-order valence-electron chi connectivity index (χ4n) is 1.73. The number of ether oxygens (including phenoxy) is 2. The van der Waals surface area contributed by atoms with Gasteiger partial charge in [0.15, 0.2) is 5.82 Å². The maximum Gasteiger partial charge on any atom is 0.244 e. The highest BCUT2D eigenvalue weighted by Crippen LogP contribution is 2.16. The molecule has 0 spiro atoms. The molecule has 0 fully saturated rings. The maximum atomic E-state index is 5.62. The molecule has 0 saturated carbocycles. The number of benzene rings is 1. The number of nitrogens with zero attached hydrogens (tertiary/aromatic N) is 3. The van der Waals surface area contributed by atoms with E-state index in [1.807, 2.05) is 38.1 Å². The van der Waals surface area contributed by atoms with Gasteiger partial charge in [-0.2, -0.15) is 10.1 Å². The molecule has 0 saturated heterocycles. The number of methoxy groups -OCH3 is 1. The van der Waals surface area contributed by atoms with Crippen LogP contribution in [0.5, 0.6) is 11.5 Å². The van der Waals surface area contributed by atoms with Gasteiger partial charge in [-0.3, -0.25) is 0 Å². The molecule has 22 heavy (non-hydrogen) atoms. The van der Waals surface area contributed by atoms with E-state index in [2.05, 4.69) is 25.8 Å². The zero-order valence-electron chi connectivity index (χ0n) is 13.0. The summed E-state index contributed by atoms with van der Waals surface area (Å²) in [4.78, 5) is 4.31. The van der Waals surface area contributed by atoms with Crippen LogP contribution in [0.3, 0.4) is 0 Å². The molecule has 7 heteroatoms. The van der Waals surface area contributed by atoms with E-state index < -0.39 is 0 Å². The van der Waals surface area contributed by atoms with Gasteiger partial charge in [-0.1, -0.05) is 0 Å². The van der Waals surface area contributed by atoms with Gasteiger partial charge in [0.05, 0.1) is 19.9 Å². The van der Waals surface area contributed by atoms with Crippen molar-refractivity contribution in [2.45, 2.75) is 19.9 Å². The Morgan fingerprint density at radius 3 is 2.55 bits per heavy atom. The second-order valence-electron chi connectivity index (χ2n) is 4.92. The standard InChI is InChI=1S/C15H21N5O2/c1-11(2)18-15-19-14(10-17-20-15)16-8-9-22-13-6-4-12(21-3)5-7-13/h4-7,10-11H,8-9H2,1-3H3,(H2,16,18,19,20). The van der Waals surface area contributed by atoms with Crippen molar-refractivity contribution in [1.82, 2.24) is 15.2 Å². The lowest BCUT2D eigenvalue weighted by Gasteiger charge is -2.10. The largest absolute Gasteiger partial charge is 0.497 e. The molecule has 0 radical (unpaired) electrons. The first kappa shape index (κ1) is 15.8. The average molecular weight is 303 g/mol. The summed E-state index contributed by atoms with van der Waals surface area (Å²) in [6.45, 7) is 5.17. The van der Waals surface area contributed by atoms with Crippen LogP contribution < -0.4 is 20.1 Å². The normalized spacial score (nSPS) is 10.4. The van der Waals surface area contributed by atoms with Gasteiger partial charge in [-0.25, -0.2) is 0 Å². The zero-order chi connectivity index (χ0) is 15.8. The van der Waals surface area contributed by atoms with Gasteiger partial charge in [0.25, 0.3) is 0 Å². The topological polar surface area (TPSA) is 81.2 Å². The summed E-state index contributed by atoms with van der Waals surface area (Å²) in [5.74, 6) is 2.78. The van der Waals surface area contributed by atoms with Crippen molar-refractivity contribution in [1.29, 1.82) is 0 Å². The molecule has 2 N–H and O–H groups in total. The predicted molar refractivity (Wildman–Crippen MR) is 85.6 cm³/mol. The molecule has 0 unspecified atom stereocenters. The molecule has 7 nitrogen and oxygen atoms in total. The molecule has 0 aliphatic carbocycles. The van der Waals surface area contributed by atoms with Gasteiger partial charge in [-0.15, -0.1) is 5.10 Å². The minimum atomic E-state index is 0.260. The van der Waals surface area contributed by atoms with Crippen LogP contribution in [0.15, 0.2) is 30.5 Å². The minimum Gasteiger partial charge on any atom is -0.497 e. The van der Waals surface area contributed by atoms with E-state index in [0.717, 1.165) is 11.5 Å². The van der Waals surface area contributed by atoms with Crippen molar-refractivity contribution in [2.24, 2.45) is 0 Å². The highest BCUT2D eigenvalue weighted by Gasteiger charge is 2.01. The first-order valence-electron chi connectivity index (χ1n) is 7.14. The van der Waals surface area contributed by atoms with Gasteiger partial charge in [0.2, 0.25) is 5.95 Å². The van der Waals surface area contributed by atoms with E-state index in [-0.39, 0.29) is 6.04 Å². The Morgan fingerprint density at radius 1 is 1.14 bits per heavy atom. The second kappa shape index (κ2) is 8.02. The SMILES string of the molecule is COc1ccc(OCCNc2cnnc(NC(C)C)n2)cc1. The summed E-state index contributed by atoms with van der Waals surface area (Å²) in [5, 5.41) is 14.1. The number of hydrogen-bond acceptors (Lipinski definition) is 7. The lowest BCUT2D eigenvalue weighted by Crippen LogP contribution is -2.16. The summed E-state index contributed by atoms with van der Waals surface area (Å²) in [7, 11) is 1.64. The molecule has 1 aromatic heterocycles. The van der Waals surface area contributed by atoms with E-state index in [9.17, 15) is 0 Å². The third kappa shape index (κ3) is 5.08. The van der Waals surface area contributed by atoms with Crippen LogP contribution in [0, 0.1) is 0 Å². The fourth-order valence-corrected chi connectivity index (χ4v) is 1.73. The second-order valence-corrected chi connectivity index (χ2v) is 4.92. The Bertz CT molecular complexity index is 574. The molecule has 2 aromatic rings. The molecule has 0 amide bonds. The quantitative estimate of drug-likeness (QED) is 0.723. The molecule has 2 rings (SSSR count). The summed E-state index contributed by atoms with van der Waals surface area (Å²) in [6.07, 6.45) is 1.58. The van der Waals surface area contributed by atoms with Crippen molar-refractivity contribution in [3.63, 3.8) is 0 Å². The molecule has 0 aliphatic heterocycles. The van der Waals surface area contributed by atoms with Crippen molar-refractivity contribution in [3.8, 4) is 11.5 Å². The molecule has 0 aliphatic rings. The van der Waals surface area contributed by atoms with Crippen molar-refractivity contribution in [3.05, 3.63) is 30.5 Å². The van der Waals surface area contributed by atoms with Crippen LogP contribution in [-0.4, -0.2) is 41.5 Å². The third-order valence-electron chi connectivity index (χ3n) is 2.71. The number of rotatable bonds is 8. The monoisotopic (exact) mass is 303 g/mol. The van der Waals surface area contributed by atoms with Gasteiger partial charge in [-0.05, 0) is 38.1 Å². The molecule has 0 bridgehead atoms. The average Bonchev–Trinajstić information content (AvgIpc) is 2.52. The minimum absolute atomic E-state index is 0.260. The Hall–Kier alpha value is -2.57. The lowest BCUT2D eigenvalue weighted by molar-refractivity contribution is 0.331. The van der Waals surface area contributed by atoms with Crippen LogP contribution >= 0.6 is 0 Å². The Morgan fingerprint density at radius 2 is 1.86 bits per heavy atom. The van der Waals surface area contributed by atoms with Crippen molar-refractivity contribution >= 4 is 11.8 Å². The maximum absolute atomic E-state index is 5.62. The molecular weight excluding hydrogens is 282 g/mol. The van der Waals surface area contributed by atoms with Gasteiger partial charge in [0, 0.05) is 6.04 Å². The number of hydrogen-bond donors (Lipinski definition) is 2. The Labute approximate surface area is 130 Å². The molecule has 1 aromatic carbocycles. The van der Waals surface area contributed by atoms with Crippen LogP contribution in [-0.2, 0) is 0 Å². The molecule has 1 heterocycles. The third-order valence-corrected chi connectivity index (χ3v) is 2.71. The Balaban J connectivity index is 1.76. The predicted octanol–water partition coefficient (Wildman–Crippen LogP) is 2.19. The lowest BCUT2D eigenvalue weighted by atomic mass is 10.3. The van der Waals surface area contributed by atoms with Crippen LogP contribution in [0.2, 0.25) is 0 Å². The van der Waals surface area contributed by atoms with Gasteiger partial charge < -0.3 is 20.1 Å². The van der Waals surface area contributed by atoms with E-state index in [1.165, 1.54) is 0 Å². The van der Waals surface area contributed by atoms with Gasteiger partial charge in [0.1, 0.15) is 18.1 Å². The number of aromatic nitrogens is 3. The first-order valence-corrected chi connectivity index (χ1v) is 7.14. The van der Waals surface area contributed by atoms with Crippen LogP contribution in [0.4, 0.5) is 11.8 Å². The summed E-state index contributed by atoms with van der Waals surface area (Å²) >= 11 is 0. The Kier molecular flexibility index (Phi) is 5.76. The highest BCUT2D eigenvalue weighted by atomic mass is 16.5. The zero-order valence-corrected chi connectivity index (χ0v) is 13.0. The van der Waals surface area contributed by atoms with E-state index in [4.69, 9.17) is 9.47 Å². The van der Waals surface area contributed by atoms with E-state index >= 15 is 0 Å². The summed E-state index contributed by atoms with van der Waals surface area (Å²) in [5.41, 5.74) is 0. The number of nitrogens with one attached hydrogen (secondary N) is 2. The van der Waals surface area contributed by atoms with Gasteiger partial charge >= 0.3 is 0 Å².